The van der Waals surface area contributed by atoms with Crippen LogP contribution in [0.1, 0.15) is 11.1 Å². The second kappa shape index (κ2) is 4.07. The van der Waals surface area contributed by atoms with Gasteiger partial charge >= 0.3 is 0 Å². The van der Waals surface area contributed by atoms with Crippen molar-refractivity contribution in [2.45, 2.75) is 6.92 Å². The van der Waals surface area contributed by atoms with Gasteiger partial charge in [-0.15, -0.1) is 0 Å². The fraction of sp³-hybridized carbons (Fsp3) is 0.125. The number of aryl methyl sites for hydroxylation is 1. The van der Waals surface area contributed by atoms with Gasteiger partial charge in [-0.2, -0.15) is 4.02 Å². The Hall–Kier alpha value is -0.610. The monoisotopic (exact) mass is 264 g/mol. The van der Waals surface area contributed by atoms with E-state index in [2.05, 4.69) is 20.2 Å². The fourth-order valence-corrected chi connectivity index (χ4v) is 1.35. The second-order valence-electron chi connectivity index (χ2n) is 2.52. The van der Waals surface area contributed by atoms with Crippen LogP contribution < -0.4 is 5.73 Å². The van der Waals surface area contributed by atoms with Gasteiger partial charge in [-0.25, -0.2) is 4.39 Å². The van der Waals surface area contributed by atoms with E-state index in [1.807, 2.05) is 0 Å². The summed E-state index contributed by atoms with van der Waals surface area (Å²) in [5.74, 6) is -0.403. The zero-order valence-corrected chi connectivity index (χ0v) is 9.16. The number of hydrogen-bond donors (Lipinski definition) is 1. The van der Waals surface area contributed by atoms with Crippen LogP contribution in [0.25, 0.3) is 0 Å². The van der Waals surface area contributed by atoms with Crippen molar-refractivity contribution in [2.24, 2.45) is 9.75 Å². The van der Waals surface area contributed by atoms with Gasteiger partial charge in [0, 0.05) is 0 Å². The highest BCUT2D eigenvalue weighted by molar-refractivity contribution is 9.08. The molecule has 0 radical (unpaired) electrons. The minimum Gasteiger partial charge on any atom is -0.383 e. The fourth-order valence-electron chi connectivity index (χ4n) is 0.934. The number of nitrogens with two attached hydrogens (primary N) is 1. The van der Waals surface area contributed by atoms with Gasteiger partial charge < -0.3 is 5.73 Å². The zero-order valence-electron chi connectivity index (χ0n) is 6.81. The number of rotatable bonds is 1. The van der Waals surface area contributed by atoms with Gasteiger partial charge in [-0.3, -0.25) is 0 Å². The van der Waals surface area contributed by atoms with Crippen LogP contribution in [0.4, 0.5) is 4.39 Å². The van der Waals surface area contributed by atoms with Gasteiger partial charge in [0.15, 0.2) is 0 Å². The first kappa shape index (κ1) is 10.5. The normalized spacial score (nSPS) is 11.8. The van der Waals surface area contributed by atoms with Crippen molar-refractivity contribution < 1.29 is 4.39 Å². The van der Waals surface area contributed by atoms with Crippen molar-refractivity contribution in [3.05, 3.63) is 34.1 Å². The lowest BCUT2D eigenvalue weighted by molar-refractivity contribution is 0.616. The van der Waals surface area contributed by atoms with Crippen LogP contribution in [-0.4, -0.2) is 5.84 Å². The molecule has 0 saturated heterocycles. The van der Waals surface area contributed by atoms with Gasteiger partial charge in [0.2, 0.25) is 0 Å². The third kappa shape index (κ3) is 2.00. The molecule has 70 valence electrons. The van der Waals surface area contributed by atoms with Crippen molar-refractivity contribution in [3.63, 3.8) is 0 Å². The molecular formula is C8H7BrClFN2. The first-order chi connectivity index (χ1) is 6.07. The van der Waals surface area contributed by atoms with E-state index in [9.17, 15) is 4.39 Å². The number of halogens is 3. The lowest BCUT2D eigenvalue weighted by atomic mass is 10.1. The van der Waals surface area contributed by atoms with Crippen LogP contribution in [0.5, 0.6) is 0 Å². The average Bonchev–Trinajstić information content (AvgIpc) is 2.12. The molecule has 0 heterocycles. The van der Waals surface area contributed by atoms with Crippen LogP contribution in [0.3, 0.4) is 0 Å². The first-order valence-electron chi connectivity index (χ1n) is 3.47. The highest BCUT2D eigenvalue weighted by Crippen LogP contribution is 2.21. The summed E-state index contributed by atoms with van der Waals surface area (Å²) in [4.78, 5) is 0. The largest absolute Gasteiger partial charge is 0.383 e. The van der Waals surface area contributed by atoms with Crippen molar-refractivity contribution in [1.82, 2.24) is 0 Å². The van der Waals surface area contributed by atoms with Gasteiger partial charge in [0.25, 0.3) is 0 Å². The van der Waals surface area contributed by atoms with Crippen molar-refractivity contribution in [2.75, 3.05) is 0 Å². The number of amidine groups is 1. The minimum atomic E-state index is -0.437. The van der Waals surface area contributed by atoms with Gasteiger partial charge in [0.1, 0.15) is 11.7 Å². The standard InChI is InChI=1S/C8H7BrClFN2/c1-4-2-3-5(10)6(7(4)11)8(12)13-9/h2-3H,1H3,(H2,12,13). The molecule has 0 atom stereocenters. The summed E-state index contributed by atoms with van der Waals surface area (Å²) in [6.07, 6.45) is 0. The Morgan fingerprint density at radius 2 is 2.23 bits per heavy atom. The molecule has 1 aromatic carbocycles. The Balaban J connectivity index is 3.42. The Morgan fingerprint density at radius 1 is 1.62 bits per heavy atom. The maximum Gasteiger partial charge on any atom is 0.143 e. The predicted octanol–water partition coefficient (Wildman–Crippen LogP) is 2.80. The smallest absolute Gasteiger partial charge is 0.143 e. The molecule has 0 aliphatic heterocycles. The lowest BCUT2D eigenvalue weighted by Gasteiger charge is -2.05. The maximum atomic E-state index is 13.4. The molecule has 0 bridgehead atoms. The molecule has 0 amide bonds. The Kier molecular flexibility index (Phi) is 3.27. The van der Waals surface area contributed by atoms with Crippen LogP contribution in [0.15, 0.2) is 16.2 Å². The molecule has 0 unspecified atom stereocenters. The number of hydrogen-bond acceptors (Lipinski definition) is 1. The molecule has 0 saturated carbocycles. The van der Waals surface area contributed by atoms with E-state index in [0.717, 1.165) is 0 Å². The SMILES string of the molecule is Cc1ccc(Cl)c(/C(N)=N/Br)c1F. The highest BCUT2D eigenvalue weighted by atomic mass is 79.9. The molecule has 0 fully saturated rings. The number of benzene rings is 1. The molecule has 0 aliphatic rings. The highest BCUT2D eigenvalue weighted by Gasteiger charge is 2.12. The van der Waals surface area contributed by atoms with Crippen LogP contribution in [0.2, 0.25) is 5.02 Å². The predicted molar refractivity (Wildman–Crippen MR) is 55.8 cm³/mol. The Morgan fingerprint density at radius 3 is 2.77 bits per heavy atom. The molecule has 13 heavy (non-hydrogen) atoms. The molecule has 2 nitrogen and oxygen atoms in total. The molecule has 5 heteroatoms. The van der Waals surface area contributed by atoms with E-state index in [1.165, 1.54) is 0 Å². The molecule has 1 rings (SSSR count). The zero-order chi connectivity index (χ0) is 10.0. The quantitative estimate of drug-likeness (QED) is 0.615. The average molecular weight is 266 g/mol. The summed E-state index contributed by atoms with van der Waals surface area (Å²) in [6.45, 7) is 1.64. The second-order valence-corrected chi connectivity index (χ2v) is 3.28. The van der Waals surface area contributed by atoms with E-state index in [-0.39, 0.29) is 16.4 Å². The third-order valence-electron chi connectivity index (χ3n) is 1.63. The summed E-state index contributed by atoms with van der Waals surface area (Å²) in [7, 11) is 0. The summed E-state index contributed by atoms with van der Waals surface area (Å²) < 4.78 is 16.9. The summed E-state index contributed by atoms with van der Waals surface area (Å²) in [5, 5.41) is 0.254. The van der Waals surface area contributed by atoms with E-state index >= 15 is 0 Å². The van der Waals surface area contributed by atoms with Gasteiger partial charge in [0.05, 0.1) is 26.7 Å². The van der Waals surface area contributed by atoms with E-state index < -0.39 is 5.82 Å². The maximum absolute atomic E-state index is 13.4. The molecule has 2 N–H and O–H groups in total. The molecule has 0 spiro atoms. The van der Waals surface area contributed by atoms with Crippen LogP contribution in [0, 0.1) is 12.7 Å². The van der Waals surface area contributed by atoms with Crippen molar-refractivity contribution in [1.29, 1.82) is 0 Å². The topological polar surface area (TPSA) is 38.4 Å². The van der Waals surface area contributed by atoms with Crippen molar-refractivity contribution >= 4 is 33.6 Å². The minimum absolute atomic E-state index is 0.0335. The van der Waals surface area contributed by atoms with Crippen LogP contribution >= 0.6 is 27.7 Å². The summed E-state index contributed by atoms with van der Waals surface area (Å²) >= 11 is 8.54. The van der Waals surface area contributed by atoms with Gasteiger partial charge in [-0.1, -0.05) is 17.7 Å². The lowest BCUT2D eigenvalue weighted by Crippen LogP contribution is -2.15. The van der Waals surface area contributed by atoms with E-state index in [0.29, 0.717) is 5.56 Å². The molecule has 0 aromatic heterocycles. The number of nitrogens with zero attached hydrogens (tertiary/aromatic N) is 1. The molecule has 1 aromatic rings. The van der Waals surface area contributed by atoms with Crippen molar-refractivity contribution in [3.8, 4) is 0 Å². The molecular weight excluding hydrogens is 258 g/mol. The summed E-state index contributed by atoms with van der Waals surface area (Å²) in [6, 6.07) is 3.17. The van der Waals surface area contributed by atoms with E-state index in [4.69, 9.17) is 17.3 Å². The first-order valence-corrected chi connectivity index (χ1v) is 4.56. The van der Waals surface area contributed by atoms with Gasteiger partial charge in [-0.05, 0) is 18.6 Å². The van der Waals surface area contributed by atoms with Crippen LogP contribution in [-0.2, 0) is 0 Å². The Bertz CT molecular complexity index is 365. The third-order valence-corrected chi connectivity index (χ3v) is 2.33. The van der Waals surface area contributed by atoms with E-state index in [1.54, 1.807) is 19.1 Å². The molecule has 0 aliphatic carbocycles. The summed E-state index contributed by atoms with van der Waals surface area (Å²) in [5.41, 5.74) is 6.07. The Labute approximate surface area is 88.9 Å².